The van der Waals surface area contributed by atoms with Crippen molar-refractivity contribution in [2.75, 3.05) is 10.6 Å². The van der Waals surface area contributed by atoms with E-state index in [-0.39, 0.29) is 5.56 Å². The van der Waals surface area contributed by atoms with Crippen molar-refractivity contribution in [3.05, 3.63) is 86.3 Å². The maximum atomic E-state index is 12.4. The van der Waals surface area contributed by atoms with Gasteiger partial charge in [0.05, 0.1) is 12.2 Å². The minimum atomic E-state index is -0.209. The molecule has 0 amide bonds. The lowest BCUT2D eigenvalue weighted by Gasteiger charge is -2.09. The van der Waals surface area contributed by atoms with Gasteiger partial charge in [0.15, 0.2) is 0 Å². The van der Waals surface area contributed by atoms with E-state index in [1.54, 1.807) is 0 Å². The van der Waals surface area contributed by atoms with Crippen LogP contribution in [-0.2, 0) is 13.1 Å². The van der Waals surface area contributed by atoms with E-state index in [0.717, 1.165) is 16.8 Å². The predicted octanol–water partition coefficient (Wildman–Crippen LogP) is 3.91. The lowest BCUT2D eigenvalue weighted by atomic mass is 10.1. The highest BCUT2D eigenvalue weighted by molar-refractivity contribution is 6.30. The zero-order valence-electron chi connectivity index (χ0n) is 16.2. The van der Waals surface area contributed by atoms with E-state index in [2.05, 4.69) is 38.7 Å². The number of benzene rings is 2. The quantitative estimate of drug-likeness (QED) is 0.450. The molecule has 0 saturated carbocycles. The fourth-order valence-electron chi connectivity index (χ4n) is 3.08. The van der Waals surface area contributed by atoms with Crippen LogP contribution >= 0.6 is 11.6 Å². The molecule has 29 heavy (non-hydrogen) atoms. The van der Waals surface area contributed by atoms with Crippen LogP contribution in [0.5, 0.6) is 0 Å². The molecule has 0 unspecified atom stereocenters. The van der Waals surface area contributed by atoms with Crippen LogP contribution in [0.15, 0.2) is 53.3 Å². The average molecular weight is 409 g/mol. The Kier molecular flexibility index (Phi) is 5.22. The Morgan fingerprint density at radius 3 is 2.55 bits per heavy atom. The Morgan fingerprint density at radius 1 is 1.00 bits per heavy atom. The summed E-state index contributed by atoms with van der Waals surface area (Å²) in [5.41, 5.74) is 4.85. The van der Waals surface area contributed by atoms with E-state index in [1.165, 1.54) is 16.1 Å². The highest BCUT2D eigenvalue weighted by Crippen LogP contribution is 2.17. The second kappa shape index (κ2) is 7.97. The molecule has 8 heteroatoms. The van der Waals surface area contributed by atoms with Crippen LogP contribution in [0.3, 0.4) is 0 Å². The largest absolute Gasteiger partial charge is 0.379 e. The third-order valence-corrected chi connectivity index (χ3v) is 4.85. The van der Waals surface area contributed by atoms with Crippen molar-refractivity contribution in [2.45, 2.75) is 26.9 Å². The summed E-state index contributed by atoms with van der Waals surface area (Å²) in [6.07, 6.45) is 0. The summed E-state index contributed by atoms with van der Waals surface area (Å²) < 4.78 is 1.32. The van der Waals surface area contributed by atoms with Crippen LogP contribution in [0.25, 0.3) is 5.78 Å². The summed E-state index contributed by atoms with van der Waals surface area (Å²) in [4.78, 5) is 21.3. The molecule has 3 N–H and O–H groups in total. The molecule has 4 rings (SSSR count). The highest BCUT2D eigenvalue weighted by atomic mass is 35.5. The van der Waals surface area contributed by atoms with Gasteiger partial charge in [-0.1, -0.05) is 41.4 Å². The molecule has 0 aliphatic heterocycles. The van der Waals surface area contributed by atoms with Gasteiger partial charge in [-0.2, -0.15) is 9.50 Å². The lowest BCUT2D eigenvalue weighted by Crippen LogP contribution is -2.17. The van der Waals surface area contributed by atoms with Crippen LogP contribution in [0.1, 0.15) is 22.4 Å². The summed E-state index contributed by atoms with van der Waals surface area (Å²) in [6, 6.07) is 15.2. The first-order valence-electron chi connectivity index (χ1n) is 9.26. The van der Waals surface area contributed by atoms with Crippen LogP contribution in [-0.4, -0.2) is 19.6 Å². The van der Waals surface area contributed by atoms with Gasteiger partial charge in [0.2, 0.25) is 5.95 Å². The van der Waals surface area contributed by atoms with Crippen molar-refractivity contribution >= 4 is 29.0 Å². The molecule has 0 bridgehead atoms. The molecule has 0 fully saturated rings. The van der Waals surface area contributed by atoms with Crippen molar-refractivity contribution in [1.82, 2.24) is 19.6 Å². The number of halogens is 1. The Morgan fingerprint density at radius 2 is 1.79 bits per heavy atom. The number of nitrogens with one attached hydrogen (secondary N) is 3. The standard InChI is InChI=1S/C21H21ClN6O/c1-13-3-8-18(14(2)9-13)23-12-17-10-19(29)28-21(25-17)26-20(27-28)24-11-15-4-6-16(22)7-5-15/h3-10,23H,11-12H2,1-2H3,(H2,24,25,26,27). The average Bonchev–Trinajstić information content (AvgIpc) is 3.10. The Hall–Kier alpha value is -3.32. The third kappa shape index (κ3) is 4.41. The van der Waals surface area contributed by atoms with Crippen molar-refractivity contribution in [1.29, 1.82) is 0 Å². The Balaban J connectivity index is 1.49. The molecule has 148 valence electrons. The smallest absolute Gasteiger partial charge is 0.274 e. The SMILES string of the molecule is Cc1ccc(NCc2cc(=O)n3[nH]c(NCc4ccc(Cl)cc4)nc3n2)c(C)c1. The number of aromatic nitrogens is 4. The van der Waals surface area contributed by atoms with Crippen LogP contribution in [0.2, 0.25) is 5.02 Å². The molecule has 0 aliphatic carbocycles. The number of H-pyrrole nitrogens is 1. The van der Waals surface area contributed by atoms with Gasteiger partial charge in [0.25, 0.3) is 11.3 Å². The third-order valence-electron chi connectivity index (χ3n) is 4.60. The van der Waals surface area contributed by atoms with Gasteiger partial charge >= 0.3 is 0 Å². The van der Waals surface area contributed by atoms with E-state index in [9.17, 15) is 4.79 Å². The van der Waals surface area contributed by atoms with Crippen LogP contribution in [0, 0.1) is 13.8 Å². The van der Waals surface area contributed by atoms with Crippen molar-refractivity contribution in [2.24, 2.45) is 0 Å². The van der Waals surface area contributed by atoms with Gasteiger partial charge in [0.1, 0.15) is 0 Å². The fourth-order valence-corrected chi connectivity index (χ4v) is 3.21. The van der Waals surface area contributed by atoms with Crippen molar-refractivity contribution in [3.63, 3.8) is 0 Å². The van der Waals surface area contributed by atoms with Crippen molar-refractivity contribution in [3.8, 4) is 0 Å². The van der Waals surface area contributed by atoms with E-state index < -0.39 is 0 Å². The van der Waals surface area contributed by atoms with Crippen LogP contribution < -0.4 is 16.2 Å². The second-order valence-corrected chi connectivity index (χ2v) is 7.38. The molecular formula is C21H21ClN6O. The number of aryl methyl sites for hydroxylation is 2. The maximum Gasteiger partial charge on any atom is 0.274 e. The molecule has 7 nitrogen and oxygen atoms in total. The first kappa shape index (κ1) is 19.0. The molecule has 0 aliphatic rings. The molecule has 4 aromatic rings. The second-order valence-electron chi connectivity index (χ2n) is 6.95. The molecule has 0 spiro atoms. The molecule has 0 atom stereocenters. The molecule has 2 heterocycles. The molecule has 2 aromatic carbocycles. The zero-order chi connectivity index (χ0) is 20.4. The summed E-state index contributed by atoms with van der Waals surface area (Å²) in [6.45, 7) is 5.10. The fraction of sp³-hybridized carbons (Fsp3) is 0.190. The Labute approximate surface area is 172 Å². The number of hydrogen-bond acceptors (Lipinski definition) is 5. The van der Waals surface area contributed by atoms with E-state index >= 15 is 0 Å². The van der Waals surface area contributed by atoms with E-state index in [1.807, 2.05) is 43.3 Å². The number of aromatic amines is 1. The monoisotopic (exact) mass is 408 g/mol. The van der Waals surface area contributed by atoms with Gasteiger partial charge < -0.3 is 10.6 Å². The normalized spacial score (nSPS) is 11.0. The molecular weight excluding hydrogens is 388 g/mol. The summed E-state index contributed by atoms with van der Waals surface area (Å²) in [5, 5.41) is 10.1. The van der Waals surface area contributed by atoms with Gasteiger partial charge in [-0.25, -0.2) is 4.98 Å². The first-order chi connectivity index (χ1) is 14.0. The van der Waals surface area contributed by atoms with Crippen molar-refractivity contribution < 1.29 is 0 Å². The number of hydrogen-bond donors (Lipinski definition) is 3. The topological polar surface area (TPSA) is 87.1 Å². The van der Waals surface area contributed by atoms with E-state index in [4.69, 9.17) is 11.6 Å². The van der Waals surface area contributed by atoms with Gasteiger partial charge in [-0.05, 0) is 43.2 Å². The number of anilines is 2. The summed E-state index contributed by atoms with van der Waals surface area (Å²) in [7, 11) is 0. The Bertz CT molecular complexity index is 1210. The minimum absolute atomic E-state index is 0.209. The lowest BCUT2D eigenvalue weighted by molar-refractivity contribution is 0.874. The summed E-state index contributed by atoms with van der Waals surface area (Å²) in [5.74, 6) is 0.803. The highest BCUT2D eigenvalue weighted by Gasteiger charge is 2.09. The zero-order valence-corrected chi connectivity index (χ0v) is 16.9. The minimum Gasteiger partial charge on any atom is -0.379 e. The van der Waals surface area contributed by atoms with Gasteiger partial charge in [-0.15, -0.1) is 0 Å². The van der Waals surface area contributed by atoms with Gasteiger partial charge in [0, 0.05) is 23.3 Å². The number of rotatable bonds is 6. The molecule has 0 radical (unpaired) electrons. The summed E-state index contributed by atoms with van der Waals surface area (Å²) >= 11 is 5.90. The van der Waals surface area contributed by atoms with E-state index in [0.29, 0.717) is 35.5 Å². The molecule has 2 aromatic heterocycles. The number of fused-ring (bicyclic) bond motifs is 1. The number of nitrogens with zero attached hydrogens (tertiary/aromatic N) is 3. The van der Waals surface area contributed by atoms with Crippen LogP contribution in [0.4, 0.5) is 11.6 Å². The molecule has 0 saturated heterocycles. The van der Waals surface area contributed by atoms with Gasteiger partial charge in [-0.3, -0.25) is 9.89 Å². The predicted molar refractivity (Wildman–Crippen MR) is 116 cm³/mol. The first-order valence-corrected chi connectivity index (χ1v) is 9.64. The maximum absolute atomic E-state index is 12.4.